The van der Waals surface area contributed by atoms with Gasteiger partial charge in [-0.2, -0.15) is 0 Å². The number of piperazine rings is 1. The number of amides is 1. The van der Waals surface area contributed by atoms with Gasteiger partial charge in [0.15, 0.2) is 6.61 Å². The molecule has 2 aromatic carbocycles. The van der Waals surface area contributed by atoms with E-state index in [4.69, 9.17) is 9.47 Å². The molecular weight excluding hydrogens is 366 g/mol. The van der Waals surface area contributed by atoms with E-state index in [-0.39, 0.29) is 18.6 Å². The van der Waals surface area contributed by atoms with Gasteiger partial charge in [0, 0.05) is 38.3 Å². The van der Waals surface area contributed by atoms with E-state index in [2.05, 4.69) is 28.1 Å². The molecule has 3 rings (SSSR count). The van der Waals surface area contributed by atoms with Crippen molar-refractivity contribution in [2.75, 3.05) is 53.0 Å². The van der Waals surface area contributed by atoms with Crippen molar-refractivity contribution in [3.63, 3.8) is 0 Å². The molecule has 1 aliphatic rings. The first-order valence-corrected chi connectivity index (χ1v) is 10.2. The highest BCUT2D eigenvalue weighted by Gasteiger charge is 2.27. The highest BCUT2D eigenvalue weighted by Crippen LogP contribution is 2.29. The summed E-state index contributed by atoms with van der Waals surface area (Å²) in [5.74, 6) is 1.42. The van der Waals surface area contributed by atoms with E-state index >= 15 is 0 Å². The number of benzene rings is 2. The van der Waals surface area contributed by atoms with Crippen LogP contribution in [0.5, 0.6) is 11.5 Å². The molecular formula is C23H31N3O3. The highest BCUT2D eigenvalue weighted by molar-refractivity contribution is 5.77. The first-order valence-electron chi connectivity index (χ1n) is 10.2. The second-order valence-electron chi connectivity index (χ2n) is 7.13. The predicted molar refractivity (Wildman–Crippen MR) is 114 cm³/mol. The van der Waals surface area contributed by atoms with E-state index < -0.39 is 0 Å². The van der Waals surface area contributed by atoms with Crippen LogP contribution in [0.1, 0.15) is 18.5 Å². The first kappa shape index (κ1) is 21.1. The second kappa shape index (κ2) is 10.8. The molecule has 6 heteroatoms. The molecule has 1 heterocycles. The van der Waals surface area contributed by atoms with Gasteiger partial charge in [-0.25, -0.2) is 0 Å². The van der Waals surface area contributed by atoms with Crippen LogP contribution in [0.15, 0.2) is 54.6 Å². The molecule has 1 atom stereocenters. The number of hydrogen-bond donors (Lipinski definition) is 1. The Labute approximate surface area is 173 Å². The molecule has 156 valence electrons. The maximum absolute atomic E-state index is 12.4. The lowest BCUT2D eigenvalue weighted by atomic mass is 10.0. The fourth-order valence-corrected chi connectivity index (χ4v) is 3.70. The van der Waals surface area contributed by atoms with Crippen LogP contribution in [0, 0.1) is 0 Å². The largest absolute Gasteiger partial charge is 0.496 e. The van der Waals surface area contributed by atoms with Crippen LogP contribution in [-0.4, -0.2) is 68.7 Å². The molecule has 2 aromatic rings. The van der Waals surface area contributed by atoms with Crippen molar-refractivity contribution in [1.29, 1.82) is 0 Å². The summed E-state index contributed by atoms with van der Waals surface area (Å²) in [7, 11) is 1.69. The van der Waals surface area contributed by atoms with Gasteiger partial charge in [0.1, 0.15) is 11.5 Å². The number of para-hydroxylation sites is 2. The molecule has 1 unspecified atom stereocenters. The Morgan fingerprint density at radius 1 is 1.03 bits per heavy atom. The van der Waals surface area contributed by atoms with Crippen LogP contribution >= 0.6 is 0 Å². The van der Waals surface area contributed by atoms with Gasteiger partial charge < -0.3 is 19.7 Å². The Hall–Kier alpha value is -2.57. The third-order valence-electron chi connectivity index (χ3n) is 5.40. The molecule has 29 heavy (non-hydrogen) atoms. The third-order valence-corrected chi connectivity index (χ3v) is 5.40. The van der Waals surface area contributed by atoms with E-state index in [9.17, 15) is 4.79 Å². The zero-order valence-electron chi connectivity index (χ0n) is 17.3. The maximum Gasteiger partial charge on any atom is 0.258 e. The van der Waals surface area contributed by atoms with Crippen molar-refractivity contribution < 1.29 is 14.3 Å². The van der Waals surface area contributed by atoms with Crippen LogP contribution in [0.25, 0.3) is 0 Å². The lowest BCUT2D eigenvalue weighted by Crippen LogP contribution is -2.49. The number of carbonyl (C=O) groups is 1. The van der Waals surface area contributed by atoms with E-state index in [0.29, 0.717) is 12.3 Å². The topological polar surface area (TPSA) is 54.0 Å². The molecule has 1 N–H and O–H groups in total. The van der Waals surface area contributed by atoms with E-state index in [1.165, 1.54) is 0 Å². The molecule has 0 saturated carbocycles. The molecule has 0 radical (unpaired) electrons. The van der Waals surface area contributed by atoms with E-state index in [1.54, 1.807) is 7.11 Å². The number of carbonyl (C=O) groups excluding carboxylic acids is 1. The van der Waals surface area contributed by atoms with Crippen molar-refractivity contribution in [2.45, 2.75) is 13.0 Å². The minimum absolute atomic E-state index is 0.00622. The Bertz CT molecular complexity index is 761. The Morgan fingerprint density at radius 3 is 2.41 bits per heavy atom. The lowest BCUT2D eigenvalue weighted by Gasteiger charge is -2.39. The number of methoxy groups -OCH3 is 1. The summed E-state index contributed by atoms with van der Waals surface area (Å²) in [6.45, 7) is 7.79. The van der Waals surface area contributed by atoms with Gasteiger partial charge in [0.2, 0.25) is 0 Å². The predicted octanol–water partition coefficient (Wildman–Crippen LogP) is 2.57. The van der Waals surface area contributed by atoms with Gasteiger partial charge in [-0.05, 0) is 24.7 Å². The smallest absolute Gasteiger partial charge is 0.258 e. The van der Waals surface area contributed by atoms with Crippen molar-refractivity contribution >= 4 is 5.91 Å². The van der Waals surface area contributed by atoms with Crippen molar-refractivity contribution in [3.8, 4) is 11.5 Å². The van der Waals surface area contributed by atoms with Gasteiger partial charge in [-0.3, -0.25) is 9.69 Å². The van der Waals surface area contributed by atoms with E-state index in [1.807, 2.05) is 48.5 Å². The van der Waals surface area contributed by atoms with Gasteiger partial charge in [-0.15, -0.1) is 0 Å². The maximum atomic E-state index is 12.4. The van der Waals surface area contributed by atoms with Gasteiger partial charge >= 0.3 is 0 Å². The minimum Gasteiger partial charge on any atom is -0.496 e. The van der Waals surface area contributed by atoms with E-state index in [0.717, 1.165) is 44.0 Å². The number of nitrogens with one attached hydrogen (secondary N) is 1. The Balaban J connectivity index is 1.64. The summed E-state index contributed by atoms with van der Waals surface area (Å²) >= 11 is 0. The molecule has 6 nitrogen and oxygen atoms in total. The molecule has 1 amide bonds. The molecule has 0 spiro atoms. The summed E-state index contributed by atoms with van der Waals surface area (Å²) in [5.41, 5.74) is 1.10. The van der Waals surface area contributed by atoms with Crippen LogP contribution in [0.4, 0.5) is 0 Å². The van der Waals surface area contributed by atoms with Gasteiger partial charge in [-0.1, -0.05) is 43.3 Å². The standard InChI is InChI=1S/C23H31N3O3/c1-3-25-13-15-26(16-14-25)21(20-11-7-8-12-22(20)28-2)17-24-23(27)18-29-19-9-5-4-6-10-19/h4-12,21H,3,13-18H2,1-2H3,(H,24,27). The fraction of sp³-hybridized carbons (Fsp3) is 0.435. The third kappa shape index (κ3) is 5.95. The lowest BCUT2D eigenvalue weighted by molar-refractivity contribution is -0.123. The monoisotopic (exact) mass is 397 g/mol. The summed E-state index contributed by atoms with van der Waals surface area (Å²) in [5, 5.41) is 3.05. The molecule has 1 aliphatic heterocycles. The summed E-state index contributed by atoms with van der Waals surface area (Å²) < 4.78 is 11.2. The van der Waals surface area contributed by atoms with Crippen LogP contribution in [-0.2, 0) is 4.79 Å². The number of hydrogen-bond acceptors (Lipinski definition) is 5. The quantitative estimate of drug-likeness (QED) is 0.705. The van der Waals surface area contributed by atoms with Gasteiger partial charge in [0.05, 0.1) is 13.2 Å². The fourth-order valence-electron chi connectivity index (χ4n) is 3.70. The summed E-state index contributed by atoms with van der Waals surface area (Å²) in [6, 6.07) is 17.5. The Kier molecular flexibility index (Phi) is 7.90. The average Bonchev–Trinajstić information content (AvgIpc) is 2.79. The molecule has 1 fully saturated rings. The number of ether oxygens (including phenoxy) is 2. The van der Waals surface area contributed by atoms with Crippen LogP contribution in [0.2, 0.25) is 0 Å². The number of rotatable bonds is 9. The van der Waals surface area contributed by atoms with Crippen molar-refractivity contribution in [3.05, 3.63) is 60.2 Å². The number of likely N-dealkylation sites (N-methyl/N-ethyl adjacent to an activating group) is 1. The average molecular weight is 398 g/mol. The molecule has 1 saturated heterocycles. The highest BCUT2D eigenvalue weighted by atomic mass is 16.5. The second-order valence-corrected chi connectivity index (χ2v) is 7.13. The van der Waals surface area contributed by atoms with Crippen LogP contribution in [0.3, 0.4) is 0 Å². The number of nitrogens with zero attached hydrogens (tertiary/aromatic N) is 2. The molecule has 0 aromatic heterocycles. The minimum atomic E-state index is -0.124. The summed E-state index contributed by atoms with van der Waals surface area (Å²) in [6.07, 6.45) is 0. The molecule has 0 aliphatic carbocycles. The van der Waals surface area contributed by atoms with Crippen LogP contribution < -0.4 is 14.8 Å². The normalized spacial score (nSPS) is 16.2. The zero-order chi connectivity index (χ0) is 20.5. The van der Waals surface area contributed by atoms with Crippen molar-refractivity contribution in [1.82, 2.24) is 15.1 Å². The van der Waals surface area contributed by atoms with Crippen molar-refractivity contribution in [2.24, 2.45) is 0 Å². The molecule has 0 bridgehead atoms. The summed E-state index contributed by atoms with van der Waals surface area (Å²) in [4.78, 5) is 17.3. The Morgan fingerprint density at radius 2 is 1.72 bits per heavy atom. The first-order chi connectivity index (χ1) is 14.2. The SMILES string of the molecule is CCN1CCN(C(CNC(=O)COc2ccccc2)c2ccccc2OC)CC1. The zero-order valence-corrected chi connectivity index (χ0v) is 17.3. The van der Waals surface area contributed by atoms with Gasteiger partial charge in [0.25, 0.3) is 5.91 Å².